The molecule has 0 bridgehead atoms. The predicted molar refractivity (Wildman–Crippen MR) is 112 cm³/mol. The van der Waals surface area contributed by atoms with E-state index in [9.17, 15) is 4.79 Å². The summed E-state index contributed by atoms with van der Waals surface area (Å²) in [5.74, 6) is 0.421. The SMILES string of the molecule is CCNC(=O)Nc1ccc2ncc(-c3cnn(Cc4cccc(C)c4)c3)nc2n1. The van der Waals surface area contributed by atoms with E-state index in [4.69, 9.17) is 0 Å². The van der Waals surface area contributed by atoms with Gasteiger partial charge >= 0.3 is 6.03 Å². The fourth-order valence-electron chi connectivity index (χ4n) is 3.01. The van der Waals surface area contributed by atoms with Crippen LogP contribution in [0.5, 0.6) is 0 Å². The van der Waals surface area contributed by atoms with Crippen molar-refractivity contribution >= 4 is 23.0 Å². The normalized spacial score (nSPS) is 10.8. The van der Waals surface area contributed by atoms with Crippen molar-refractivity contribution in [3.63, 3.8) is 0 Å². The number of nitrogens with zero attached hydrogens (tertiary/aromatic N) is 5. The van der Waals surface area contributed by atoms with Crippen molar-refractivity contribution in [2.45, 2.75) is 20.4 Å². The zero-order valence-corrected chi connectivity index (χ0v) is 16.3. The third kappa shape index (κ3) is 4.37. The lowest BCUT2D eigenvalue weighted by Gasteiger charge is -2.06. The smallest absolute Gasteiger partial charge is 0.320 e. The highest BCUT2D eigenvalue weighted by atomic mass is 16.2. The summed E-state index contributed by atoms with van der Waals surface area (Å²) in [4.78, 5) is 25.1. The van der Waals surface area contributed by atoms with Crippen LogP contribution in [0.1, 0.15) is 18.1 Å². The molecule has 4 aromatic rings. The summed E-state index contributed by atoms with van der Waals surface area (Å²) < 4.78 is 1.87. The van der Waals surface area contributed by atoms with E-state index in [2.05, 4.69) is 55.8 Å². The molecule has 2 N–H and O–H groups in total. The van der Waals surface area contributed by atoms with Crippen molar-refractivity contribution < 1.29 is 4.79 Å². The van der Waals surface area contributed by atoms with Gasteiger partial charge in [0.15, 0.2) is 5.65 Å². The topological polar surface area (TPSA) is 97.6 Å². The molecule has 0 fully saturated rings. The lowest BCUT2D eigenvalue weighted by Crippen LogP contribution is -2.28. The van der Waals surface area contributed by atoms with Crippen LogP contribution in [0.15, 0.2) is 55.0 Å². The van der Waals surface area contributed by atoms with E-state index in [0.29, 0.717) is 35.8 Å². The Balaban J connectivity index is 1.57. The van der Waals surface area contributed by atoms with Gasteiger partial charge in [-0.15, -0.1) is 0 Å². The third-order valence-electron chi connectivity index (χ3n) is 4.34. The molecule has 0 spiro atoms. The summed E-state index contributed by atoms with van der Waals surface area (Å²) in [6.07, 6.45) is 5.41. The van der Waals surface area contributed by atoms with Gasteiger partial charge < -0.3 is 5.32 Å². The standard InChI is InChI=1S/C21H21N7O/c1-3-22-21(29)27-19-8-7-17-20(26-19)25-18(11-23-17)16-10-24-28(13-16)12-15-6-4-5-14(2)9-15/h4-11,13H,3,12H2,1-2H3,(H2,22,25,26,27,29). The van der Waals surface area contributed by atoms with Crippen LogP contribution in [0.4, 0.5) is 10.6 Å². The number of anilines is 1. The first-order chi connectivity index (χ1) is 14.1. The molecule has 3 heterocycles. The van der Waals surface area contributed by atoms with Crippen LogP contribution in [0.2, 0.25) is 0 Å². The van der Waals surface area contributed by atoms with Crippen LogP contribution in [0.3, 0.4) is 0 Å². The summed E-state index contributed by atoms with van der Waals surface area (Å²) in [5.41, 5.74) is 5.06. The first-order valence-corrected chi connectivity index (χ1v) is 9.38. The van der Waals surface area contributed by atoms with Crippen LogP contribution >= 0.6 is 0 Å². The second-order valence-corrected chi connectivity index (χ2v) is 6.69. The van der Waals surface area contributed by atoms with Crippen LogP contribution in [-0.4, -0.2) is 37.3 Å². The molecule has 3 aromatic heterocycles. The second kappa shape index (κ2) is 8.05. The monoisotopic (exact) mass is 387 g/mol. The minimum atomic E-state index is -0.305. The van der Waals surface area contributed by atoms with E-state index in [1.54, 1.807) is 24.5 Å². The number of amides is 2. The van der Waals surface area contributed by atoms with Gasteiger partial charge in [0.1, 0.15) is 11.3 Å². The molecule has 8 nitrogen and oxygen atoms in total. The Morgan fingerprint density at radius 2 is 2.03 bits per heavy atom. The van der Waals surface area contributed by atoms with E-state index >= 15 is 0 Å². The van der Waals surface area contributed by atoms with Gasteiger partial charge in [0.25, 0.3) is 0 Å². The van der Waals surface area contributed by atoms with Gasteiger partial charge in [0, 0.05) is 18.3 Å². The number of aromatic nitrogens is 5. The number of fused-ring (bicyclic) bond motifs is 1. The molecular formula is C21H21N7O. The average molecular weight is 387 g/mol. The molecule has 0 aliphatic rings. The largest absolute Gasteiger partial charge is 0.338 e. The predicted octanol–water partition coefficient (Wildman–Crippen LogP) is 3.39. The Morgan fingerprint density at radius 3 is 2.86 bits per heavy atom. The fraction of sp³-hybridized carbons (Fsp3) is 0.190. The van der Waals surface area contributed by atoms with Gasteiger partial charge in [-0.3, -0.25) is 15.0 Å². The van der Waals surface area contributed by atoms with Crippen molar-refractivity contribution in [2.24, 2.45) is 0 Å². The van der Waals surface area contributed by atoms with E-state index < -0.39 is 0 Å². The van der Waals surface area contributed by atoms with Crippen LogP contribution in [0, 0.1) is 6.92 Å². The lowest BCUT2D eigenvalue weighted by molar-refractivity contribution is 0.252. The Kier molecular flexibility index (Phi) is 5.15. The minimum Gasteiger partial charge on any atom is -0.338 e. The summed E-state index contributed by atoms with van der Waals surface area (Å²) in [7, 11) is 0. The number of hydrogen-bond acceptors (Lipinski definition) is 5. The average Bonchev–Trinajstić information content (AvgIpc) is 3.16. The number of hydrogen-bond donors (Lipinski definition) is 2. The molecule has 1 aromatic carbocycles. The Bertz CT molecular complexity index is 1170. The van der Waals surface area contributed by atoms with E-state index in [1.165, 1.54) is 11.1 Å². The fourth-order valence-corrected chi connectivity index (χ4v) is 3.01. The third-order valence-corrected chi connectivity index (χ3v) is 4.34. The molecule has 4 rings (SSSR count). The van der Waals surface area contributed by atoms with Crippen LogP contribution < -0.4 is 10.6 Å². The summed E-state index contributed by atoms with van der Waals surface area (Å²) in [6.45, 7) is 5.15. The number of carbonyl (C=O) groups excluding carboxylic acids is 1. The first kappa shape index (κ1) is 18.5. The van der Waals surface area contributed by atoms with Gasteiger partial charge in [-0.05, 0) is 31.5 Å². The molecule has 0 saturated heterocycles. The molecule has 0 saturated carbocycles. The van der Waals surface area contributed by atoms with Crippen molar-refractivity contribution in [3.8, 4) is 11.3 Å². The van der Waals surface area contributed by atoms with Gasteiger partial charge in [-0.1, -0.05) is 29.8 Å². The molecular weight excluding hydrogens is 366 g/mol. The summed E-state index contributed by atoms with van der Waals surface area (Å²) in [5, 5.41) is 9.79. The highest BCUT2D eigenvalue weighted by Crippen LogP contribution is 2.19. The molecule has 0 unspecified atom stereocenters. The number of urea groups is 1. The number of rotatable bonds is 5. The van der Waals surface area contributed by atoms with Crippen molar-refractivity contribution in [1.29, 1.82) is 0 Å². The Morgan fingerprint density at radius 1 is 1.14 bits per heavy atom. The maximum Gasteiger partial charge on any atom is 0.320 e. The number of benzene rings is 1. The summed E-state index contributed by atoms with van der Waals surface area (Å²) >= 11 is 0. The number of nitrogens with one attached hydrogen (secondary N) is 2. The maximum atomic E-state index is 11.7. The van der Waals surface area contributed by atoms with Gasteiger partial charge in [0.2, 0.25) is 0 Å². The van der Waals surface area contributed by atoms with Crippen molar-refractivity contribution in [2.75, 3.05) is 11.9 Å². The number of aryl methyl sites for hydroxylation is 1. The number of pyridine rings is 1. The molecule has 146 valence electrons. The maximum absolute atomic E-state index is 11.7. The van der Waals surface area contributed by atoms with Crippen molar-refractivity contribution in [3.05, 3.63) is 66.1 Å². The summed E-state index contributed by atoms with van der Waals surface area (Å²) in [6, 6.07) is 11.5. The molecule has 2 amide bonds. The highest BCUT2D eigenvalue weighted by molar-refractivity contribution is 5.89. The zero-order valence-electron chi connectivity index (χ0n) is 16.3. The minimum absolute atomic E-state index is 0.305. The van der Waals surface area contributed by atoms with Gasteiger partial charge in [-0.25, -0.2) is 14.8 Å². The van der Waals surface area contributed by atoms with Gasteiger partial charge in [0.05, 0.1) is 24.6 Å². The van der Waals surface area contributed by atoms with Crippen molar-refractivity contribution in [1.82, 2.24) is 30.0 Å². The van der Waals surface area contributed by atoms with Gasteiger partial charge in [-0.2, -0.15) is 5.10 Å². The molecule has 0 aliphatic carbocycles. The molecule has 8 heteroatoms. The lowest BCUT2D eigenvalue weighted by atomic mass is 10.1. The molecule has 29 heavy (non-hydrogen) atoms. The zero-order chi connectivity index (χ0) is 20.2. The molecule has 0 aliphatic heterocycles. The highest BCUT2D eigenvalue weighted by Gasteiger charge is 2.09. The Hall–Kier alpha value is -3.81. The molecule has 0 atom stereocenters. The quantitative estimate of drug-likeness (QED) is 0.547. The molecule has 0 radical (unpaired) electrons. The van der Waals surface area contributed by atoms with E-state index in [-0.39, 0.29) is 6.03 Å². The first-order valence-electron chi connectivity index (χ1n) is 9.38. The van der Waals surface area contributed by atoms with E-state index in [0.717, 1.165) is 5.56 Å². The second-order valence-electron chi connectivity index (χ2n) is 6.69. The van der Waals surface area contributed by atoms with Crippen LogP contribution in [0.25, 0.3) is 22.4 Å². The Labute approximate surface area is 168 Å². The van der Waals surface area contributed by atoms with E-state index in [1.807, 2.05) is 23.9 Å². The van der Waals surface area contributed by atoms with Crippen LogP contribution in [-0.2, 0) is 6.54 Å². The number of carbonyl (C=O) groups is 1.